The van der Waals surface area contributed by atoms with Gasteiger partial charge in [-0.15, -0.1) is 0 Å². The number of nitrogens with zero attached hydrogens (tertiary/aromatic N) is 1. The topological polar surface area (TPSA) is 37.4 Å². The Balaban J connectivity index is 3.25. The van der Waals surface area contributed by atoms with Gasteiger partial charge in [0.15, 0.2) is 0 Å². The molecule has 0 heterocycles. The lowest BCUT2D eigenvalue weighted by Crippen LogP contribution is -2.27. The summed E-state index contributed by atoms with van der Waals surface area (Å²) >= 11 is 0. The Kier molecular flexibility index (Phi) is 15.4. The molecule has 0 fully saturated rings. The van der Waals surface area contributed by atoms with Gasteiger partial charge in [-0.05, 0) is 6.42 Å². The Labute approximate surface area is 146 Å². The second-order valence-electron chi connectivity index (χ2n) is 6.68. The lowest BCUT2D eigenvalue weighted by molar-refractivity contribution is 0.503. The van der Waals surface area contributed by atoms with Crippen molar-refractivity contribution in [2.75, 3.05) is 12.3 Å². The summed E-state index contributed by atoms with van der Waals surface area (Å²) in [6.07, 6.45) is 18.0. The molecule has 0 aliphatic rings. The van der Waals surface area contributed by atoms with E-state index in [-0.39, 0.29) is 5.75 Å². The van der Waals surface area contributed by atoms with Crippen LogP contribution >= 0.6 is 0 Å². The first kappa shape index (κ1) is 22.9. The van der Waals surface area contributed by atoms with Crippen molar-refractivity contribution in [3.63, 3.8) is 0 Å². The van der Waals surface area contributed by atoms with Gasteiger partial charge in [0, 0.05) is 13.6 Å². The van der Waals surface area contributed by atoms with Crippen LogP contribution in [-0.4, -0.2) is 25.0 Å². The Hall–Kier alpha value is -0.0900. The van der Waals surface area contributed by atoms with E-state index in [9.17, 15) is 8.42 Å². The van der Waals surface area contributed by atoms with Crippen molar-refractivity contribution >= 4 is 10.0 Å². The van der Waals surface area contributed by atoms with Crippen molar-refractivity contribution in [2.24, 2.45) is 0 Å². The maximum atomic E-state index is 11.7. The minimum atomic E-state index is -3.10. The molecule has 0 aliphatic heterocycles. The highest BCUT2D eigenvalue weighted by molar-refractivity contribution is 7.89. The van der Waals surface area contributed by atoms with Gasteiger partial charge in [-0.25, -0.2) is 12.7 Å². The van der Waals surface area contributed by atoms with Crippen molar-refractivity contribution in [3.8, 4) is 0 Å². The van der Waals surface area contributed by atoms with Gasteiger partial charge in [0.2, 0.25) is 10.0 Å². The Morgan fingerprint density at radius 2 is 1.00 bits per heavy atom. The van der Waals surface area contributed by atoms with Crippen molar-refractivity contribution < 1.29 is 8.42 Å². The molecule has 0 spiro atoms. The highest BCUT2D eigenvalue weighted by atomic mass is 32.2. The van der Waals surface area contributed by atoms with Crippen LogP contribution in [0, 0.1) is 7.05 Å². The highest BCUT2D eigenvalue weighted by Gasteiger charge is 2.14. The molecule has 0 N–H and O–H groups in total. The van der Waals surface area contributed by atoms with Crippen molar-refractivity contribution in [1.82, 2.24) is 4.31 Å². The largest absolute Gasteiger partial charge is 0.214 e. The van der Waals surface area contributed by atoms with Crippen LogP contribution in [0.15, 0.2) is 0 Å². The molecule has 0 amide bonds. The smallest absolute Gasteiger partial charge is 0.212 e. The van der Waals surface area contributed by atoms with Gasteiger partial charge < -0.3 is 0 Å². The minimum Gasteiger partial charge on any atom is -0.212 e. The second kappa shape index (κ2) is 15.4. The molecule has 0 atom stereocenters. The standard InChI is InChI=1S/C19H40NO2S/c1-4-6-7-8-9-10-11-12-13-14-15-16-17-18-19-23(21,22)20(3)5-2/h3-19H2,1-2H3. The maximum Gasteiger partial charge on any atom is 0.214 e. The zero-order valence-corrected chi connectivity index (χ0v) is 16.5. The number of unbranched alkanes of at least 4 members (excludes halogenated alkanes) is 13. The van der Waals surface area contributed by atoms with Crippen molar-refractivity contribution in [3.05, 3.63) is 7.05 Å². The molecule has 0 aromatic rings. The number of hydrogen-bond donors (Lipinski definition) is 0. The zero-order chi connectivity index (χ0) is 17.4. The summed E-state index contributed by atoms with van der Waals surface area (Å²) < 4.78 is 24.7. The van der Waals surface area contributed by atoms with Crippen LogP contribution in [0.1, 0.15) is 104 Å². The van der Waals surface area contributed by atoms with E-state index < -0.39 is 10.0 Å². The first-order chi connectivity index (χ1) is 11.0. The predicted octanol–water partition coefficient (Wildman–Crippen LogP) is 5.91. The van der Waals surface area contributed by atoms with Crippen LogP contribution in [0.4, 0.5) is 0 Å². The molecule has 23 heavy (non-hydrogen) atoms. The molecule has 0 unspecified atom stereocenters. The third kappa shape index (κ3) is 14.0. The van der Waals surface area contributed by atoms with E-state index >= 15 is 0 Å². The van der Waals surface area contributed by atoms with Crippen LogP contribution < -0.4 is 0 Å². The Morgan fingerprint density at radius 1 is 0.652 bits per heavy atom. The lowest BCUT2D eigenvalue weighted by atomic mass is 10.0. The highest BCUT2D eigenvalue weighted by Crippen LogP contribution is 2.13. The molecule has 139 valence electrons. The fraction of sp³-hybridized carbons (Fsp3) is 0.947. The first-order valence-electron chi connectivity index (χ1n) is 9.85. The average molecular weight is 347 g/mol. The van der Waals surface area contributed by atoms with Gasteiger partial charge in [0.25, 0.3) is 0 Å². The van der Waals surface area contributed by atoms with Crippen LogP contribution in [0.5, 0.6) is 0 Å². The summed E-state index contributed by atoms with van der Waals surface area (Å²) in [5.41, 5.74) is 0. The fourth-order valence-electron chi connectivity index (χ4n) is 2.80. The molecule has 0 aliphatic carbocycles. The lowest BCUT2D eigenvalue weighted by Gasteiger charge is -2.14. The molecule has 4 heteroatoms. The third-order valence-corrected chi connectivity index (χ3v) is 6.35. The molecule has 0 bridgehead atoms. The summed E-state index contributed by atoms with van der Waals surface area (Å²) in [7, 11) is 0.454. The number of rotatable bonds is 17. The molecule has 1 radical (unpaired) electrons. The van der Waals surface area contributed by atoms with Gasteiger partial charge in [-0.2, -0.15) is 0 Å². The number of sulfonamides is 1. The monoisotopic (exact) mass is 346 g/mol. The van der Waals surface area contributed by atoms with E-state index in [1.807, 2.05) is 6.92 Å². The molecule has 3 nitrogen and oxygen atoms in total. The van der Waals surface area contributed by atoms with Gasteiger partial charge in [0.05, 0.1) is 5.75 Å². The number of hydrogen-bond acceptors (Lipinski definition) is 2. The van der Waals surface area contributed by atoms with Gasteiger partial charge in [-0.3, -0.25) is 0 Å². The van der Waals surface area contributed by atoms with E-state index in [4.69, 9.17) is 0 Å². The molecule has 0 aromatic carbocycles. The van der Waals surface area contributed by atoms with E-state index in [1.54, 1.807) is 0 Å². The van der Waals surface area contributed by atoms with Crippen molar-refractivity contribution in [1.29, 1.82) is 0 Å². The van der Waals surface area contributed by atoms with E-state index in [0.29, 0.717) is 6.54 Å². The molecule has 0 aromatic heterocycles. The summed E-state index contributed by atoms with van der Waals surface area (Å²) in [5, 5.41) is 0. The molecule has 0 saturated carbocycles. The summed E-state index contributed by atoms with van der Waals surface area (Å²) in [6, 6.07) is 0. The molecular formula is C19H40NO2S. The SMILES string of the molecule is [CH2]N(CC)S(=O)(=O)CCCCCCCCCCCCCCCC. The van der Waals surface area contributed by atoms with Gasteiger partial charge >= 0.3 is 0 Å². The van der Waals surface area contributed by atoms with Crippen LogP contribution in [0.25, 0.3) is 0 Å². The van der Waals surface area contributed by atoms with Crippen LogP contribution in [0.3, 0.4) is 0 Å². The van der Waals surface area contributed by atoms with Gasteiger partial charge in [-0.1, -0.05) is 97.3 Å². The molecule has 0 rings (SSSR count). The minimum absolute atomic E-state index is 0.252. The maximum absolute atomic E-state index is 11.7. The van der Waals surface area contributed by atoms with Crippen LogP contribution in [-0.2, 0) is 10.0 Å². The predicted molar refractivity (Wildman–Crippen MR) is 102 cm³/mol. The molecule has 0 saturated heterocycles. The average Bonchev–Trinajstić information content (AvgIpc) is 2.54. The van der Waals surface area contributed by atoms with E-state index in [0.717, 1.165) is 19.3 Å². The first-order valence-corrected chi connectivity index (χ1v) is 11.5. The summed E-state index contributed by atoms with van der Waals surface area (Å²) in [4.78, 5) is 0. The summed E-state index contributed by atoms with van der Waals surface area (Å²) in [6.45, 7) is 4.54. The van der Waals surface area contributed by atoms with E-state index in [2.05, 4.69) is 14.0 Å². The normalized spacial score (nSPS) is 12.2. The zero-order valence-electron chi connectivity index (χ0n) is 15.7. The van der Waals surface area contributed by atoms with Crippen LogP contribution in [0.2, 0.25) is 0 Å². The van der Waals surface area contributed by atoms with Gasteiger partial charge in [0.1, 0.15) is 0 Å². The second-order valence-corrected chi connectivity index (χ2v) is 8.77. The van der Waals surface area contributed by atoms with E-state index in [1.165, 1.54) is 74.9 Å². The Bertz CT molecular complexity index is 341. The Morgan fingerprint density at radius 3 is 1.35 bits per heavy atom. The molecular weight excluding hydrogens is 306 g/mol. The fourth-order valence-corrected chi connectivity index (χ4v) is 4.03. The van der Waals surface area contributed by atoms with Crippen molar-refractivity contribution in [2.45, 2.75) is 104 Å². The third-order valence-electron chi connectivity index (χ3n) is 4.50. The summed E-state index contributed by atoms with van der Waals surface area (Å²) in [5.74, 6) is 0.252. The quantitative estimate of drug-likeness (QED) is 0.307.